The summed E-state index contributed by atoms with van der Waals surface area (Å²) in [6.07, 6.45) is 16.9. The topological polar surface area (TPSA) is 221 Å². The minimum absolute atomic E-state index is 0.0472. The normalized spacial score (nSPS) is 12.4. The number of carboxylic acids is 3. The van der Waals surface area contributed by atoms with E-state index in [4.69, 9.17) is 10.2 Å². The number of amides is 3. The molecule has 16 heteroatoms. The van der Waals surface area contributed by atoms with Gasteiger partial charge in [-0.3, -0.25) is 14.5 Å². The summed E-state index contributed by atoms with van der Waals surface area (Å²) in [7, 11) is 4.03. The van der Waals surface area contributed by atoms with Gasteiger partial charge in [0, 0.05) is 58.3 Å². The van der Waals surface area contributed by atoms with Gasteiger partial charge < -0.3 is 40.4 Å². The molecule has 2 aromatic rings. The number of aliphatic carboxylic acids is 3. The van der Waals surface area contributed by atoms with E-state index in [0.717, 1.165) is 69.8 Å². The van der Waals surface area contributed by atoms with Crippen molar-refractivity contribution in [2.45, 2.75) is 115 Å². The first-order chi connectivity index (χ1) is 23.5. The van der Waals surface area contributed by atoms with Crippen LogP contribution in [0.1, 0.15) is 102 Å². The Morgan fingerprint density at radius 2 is 1.20 bits per heavy atom. The second kappa shape index (κ2) is 23.0. The maximum atomic E-state index is 12.2. The Hall–Kier alpha value is -4.47. The fourth-order valence-corrected chi connectivity index (χ4v) is 5.32. The zero-order chi connectivity index (χ0) is 36.0. The lowest BCUT2D eigenvalue weighted by atomic mass is 10.1. The van der Waals surface area contributed by atoms with Crippen molar-refractivity contribution >= 4 is 29.8 Å². The monoisotopic (exact) mass is 690 g/mol. The molecule has 3 amide bonds. The van der Waals surface area contributed by atoms with Crippen LogP contribution in [0, 0.1) is 0 Å². The van der Waals surface area contributed by atoms with Gasteiger partial charge in [-0.05, 0) is 45.1 Å². The third-order valence-electron chi connectivity index (χ3n) is 8.30. The Bertz CT molecular complexity index is 1270. The first-order valence-corrected chi connectivity index (χ1v) is 17.1. The highest BCUT2D eigenvalue weighted by molar-refractivity contribution is 5.86. The molecule has 49 heavy (non-hydrogen) atoms. The summed E-state index contributed by atoms with van der Waals surface area (Å²) >= 11 is 0. The smallest absolute Gasteiger partial charge is 0.326 e. The molecule has 274 valence electrons. The van der Waals surface area contributed by atoms with Crippen molar-refractivity contribution < 1.29 is 39.3 Å². The van der Waals surface area contributed by atoms with Gasteiger partial charge >= 0.3 is 23.9 Å². The van der Waals surface area contributed by atoms with Gasteiger partial charge in [-0.1, -0.05) is 38.5 Å². The van der Waals surface area contributed by atoms with Crippen LogP contribution in [0.4, 0.5) is 4.79 Å². The van der Waals surface area contributed by atoms with Gasteiger partial charge in [0.15, 0.2) is 0 Å². The van der Waals surface area contributed by atoms with Crippen LogP contribution in [-0.2, 0) is 46.4 Å². The number of unbranched alkanes of at least 4 members (excludes halogenated alkanes) is 8. The van der Waals surface area contributed by atoms with Gasteiger partial charge in [-0.15, -0.1) is 0 Å². The van der Waals surface area contributed by atoms with Crippen molar-refractivity contribution in [3.8, 4) is 0 Å². The van der Waals surface area contributed by atoms with Gasteiger partial charge in [-0.2, -0.15) is 0 Å². The first kappa shape index (κ1) is 40.7. The van der Waals surface area contributed by atoms with E-state index in [9.17, 15) is 29.1 Å². The maximum Gasteiger partial charge on any atom is 0.326 e. The average molecular weight is 691 g/mol. The largest absolute Gasteiger partial charge is 0.481 e. The molecule has 6 N–H and O–H groups in total. The van der Waals surface area contributed by atoms with E-state index >= 15 is 0 Å². The lowest BCUT2D eigenvalue weighted by Gasteiger charge is -2.21. The van der Waals surface area contributed by atoms with E-state index in [1.54, 1.807) is 0 Å². The number of rotatable bonds is 27. The zero-order valence-electron chi connectivity index (χ0n) is 28.8. The molecule has 0 aliphatic heterocycles. The molecule has 0 bridgehead atoms. The predicted molar refractivity (Wildman–Crippen MR) is 180 cm³/mol. The molecule has 0 aliphatic carbocycles. The summed E-state index contributed by atoms with van der Waals surface area (Å²) < 4.78 is 4.11. The number of nitrogens with zero attached hydrogens (tertiary/aromatic N) is 5. The lowest BCUT2D eigenvalue weighted by molar-refractivity contribution is -0.140. The van der Waals surface area contributed by atoms with Crippen LogP contribution in [0.2, 0.25) is 0 Å². The number of imidazole rings is 2. The second-order valence-electron chi connectivity index (χ2n) is 12.4. The molecule has 0 saturated heterocycles. The summed E-state index contributed by atoms with van der Waals surface area (Å²) in [6, 6.07) is -3.72. The number of hydrogen-bond acceptors (Lipinski definition) is 8. The van der Waals surface area contributed by atoms with Crippen LogP contribution >= 0.6 is 0 Å². The molecule has 0 radical (unpaired) electrons. The van der Waals surface area contributed by atoms with Gasteiger partial charge in [0.25, 0.3) is 0 Å². The Morgan fingerprint density at radius 3 is 1.69 bits per heavy atom. The number of nitrogens with one attached hydrogen (secondary N) is 3. The van der Waals surface area contributed by atoms with Crippen molar-refractivity contribution in [3.63, 3.8) is 0 Å². The number of carbonyl (C=O) groups is 5. The van der Waals surface area contributed by atoms with Gasteiger partial charge in [-0.25, -0.2) is 24.4 Å². The molecule has 0 unspecified atom stereocenters. The molecule has 0 spiro atoms. The number of aromatic nitrogens is 4. The second-order valence-corrected chi connectivity index (χ2v) is 12.4. The summed E-state index contributed by atoms with van der Waals surface area (Å²) in [6.45, 7) is 2.93. The van der Waals surface area contributed by atoms with Crippen molar-refractivity contribution in [2.75, 3.05) is 13.1 Å². The third kappa shape index (κ3) is 17.5. The van der Waals surface area contributed by atoms with E-state index in [-0.39, 0.29) is 18.7 Å². The molecule has 16 nitrogen and oxygen atoms in total. The molecular weight excluding hydrogens is 636 g/mol. The average Bonchev–Trinajstić information content (AvgIpc) is 3.65. The van der Waals surface area contributed by atoms with E-state index in [1.807, 2.05) is 38.9 Å². The molecule has 2 atom stereocenters. The van der Waals surface area contributed by atoms with E-state index in [0.29, 0.717) is 25.8 Å². The Kier molecular flexibility index (Phi) is 19.1. The molecular formula is C33H54N8O8. The quantitative estimate of drug-likeness (QED) is 0.0748. The Labute approximate surface area is 287 Å². The van der Waals surface area contributed by atoms with Crippen LogP contribution in [0.5, 0.6) is 0 Å². The number of aryl methyl sites for hydroxylation is 2. The van der Waals surface area contributed by atoms with E-state index in [1.165, 1.54) is 12.8 Å². The van der Waals surface area contributed by atoms with Crippen LogP contribution in [0.25, 0.3) is 0 Å². The van der Waals surface area contributed by atoms with Gasteiger partial charge in [0.1, 0.15) is 23.7 Å². The fraction of sp³-hybridized carbons (Fsp3) is 0.667. The number of urea groups is 1. The SMILES string of the molecule is Cn1ccnc1CN(CCCCCCCCCCC(=O)NCCCC[C@H](NC(=O)N[C@@H](CCC(=O)O)C(=O)O)C(=O)O)Cc1nccn1C. The standard InChI is InChI=1S/C33H54N8O8/c1-39-21-18-34-27(39)23-41(24-28-35-19-22-40(28)2)20-12-8-6-4-3-5-7-9-14-29(42)36-17-11-10-13-25(31(45)46)37-33(49)38-26(32(47)48)15-16-30(43)44/h18-19,21-22,25-26H,3-17,20,23-24H2,1-2H3,(H,36,42)(H,43,44)(H,45,46)(H,47,48)(H2,37,38,49)/t25-,26-/m0/s1. The summed E-state index contributed by atoms with van der Waals surface area (Å²) in [5.41, 5.74) is 0. The molecule has 0 aromatic carbocycles. The number of carbonyl (C=O) groups excluding carboxylic acids is 2. The maximum absolute atomic E-state index is 12.2. The molecule has 2 heterocycles. The van der Waals surface area contributed by atoms with Crippen molar-refractivity contribution in [3.05, 3.63) is 36.4 Å². The Balaban J connectivity index is 1.50. The highest BCUT2D eigenvalue weighted by Crippen LogP contribution is 2.13. The van der Waals surface area contributed by atoms with Crippen LogP contribution < -0.4 is 16.0 Å². The number of hydrogen-bond donors (Lipinski definition) is 6. The van der Waals surface area contributed by atoms with E-state index < -0.39 is 42.4 Å². The minimum atomic E-state index is -1.46. The summed E-state index contributed by atoms with van der Waals surface area (Å²) in [5.74, 6) is -1.88. The highest BCUT2D eigenvalue weighted by atomic mass is 16.4. The molecule has 0 aliphatic rings. The van der Waals surface area contributed by atoms with Crippen LogP contribution in [-0.4, -0.2) is 94.3 Å². The molecule has 2 aromatic heterocycles. The Morgan fingerprint density at radius 1 is 0.694 bits per heavy atom. The molecule has 0 fully saturated rings. The highest BCUT2D eigenvalue weighted by Gasteiger charge is 2.24. The van der Waals surface area contributed by atoms with E-state index in [2.05, 4.69) is 40.0 Å². The molecule has 2 rings (SSSR count). The summed E-state index contributed by atoms with van der Waals surface area (Å²) in [4.78, 5) is 69.1. The van der Waals surface area contributed by atoms with Crippen LogP contribution in [0.15, 0.2) is 24.8 Å². The van der Waals surface area contributed by atoms with Crippen molar-refractivity contribution in [1.82, 2.24) is 40.0 Å². The lowest BCUT2D eigenvalue weighted by Crippen LogP contribution is -2.51. The first-order valence-electron chi connectivity index (χ1n) is 17.1. The van der Waals surface area contributed by atoms with Crippen molar-refractivity contribution in [2.24, 2.45) is 14.1 Å². The van der Waals surface area contributed by atoms with Gasteiger partial charge in [0.2, 0.25) is 5.91 Å². The minimum Gasteiger partial charge on any atom is -0.481 e. The number of carboxylic acid groups (broad SMARTS) is 3. The van der Waals surface area contributed by atoms with Crippen LogP contribution in [0.3, 0.4) is 0 Å². The third-order valence-corrected chi connectivity index (χ3v) is 8.30. The molecule has 0 saturated carbocycles. The predicted octanol–water partition coefficient (Wildman–Crippen LogP) is 3.02. The van der Waals surface area contributed by atoms with Gasteiger partial charge in [0.05, 0.1) is 13.1 Å². The zero-order valence-corrected chi connectivity index (χ0v) is 28.8. The van der Waals surface area contributed by atoms with Crippen molar-refractivity contribution in [1.29, 1.82) is 0 Å². The fourth-order valence-electron chi connectivity index (χ4n) is 5.32. The summed E-state index contributed by atoms with van der Waals surface area (Å²) in [5, 5.41) is 34.4.